The third-order valence-corrected chi connectivity index (χ3v) is 5.39. The second-order valence-electron chi connectivity index (χ2n) is 7.66. The minimum Gasteiger partial charge on any atom is -0.469 e. The van der Waals surface area contributed by atoms with Gasteiger partial charge in [0.1, 0.15) is 18.0 Å². The van der Waals surface area contributed by atoms with Gasteiger partial charge in [-0.2, -0.15) is 5.10 Å². The maximum atomic E-state index is 14.2. The number of piperidine rings is 1. The lowest BCUT2D eigenvalue weighted by Crippen LogP contribution is -2.44. The van der Waals surface area contributed by atoms with Gasteiger partial charge in [-0.15, -0.1) is 0 Å². The lowest BCUT2D eigenvalue weighted by atomic mass is 10.1. The molecule has 1 saturated heterocycles. The van der Waals surface area contributed by atoms with Gasteiger partial charge in [0.25, 0.3) is 5.88 Å². The maximum Gasteiger partial charge on any atom is 0.262 e. The Hall–Kier alpha value is -2.94. The molecule has 1 aliphatic carbocycles. The highest BCUT2D eigenvalue weighted by molar-refractivity contribution is 5.93. The zero-order valence-electron chi connectivity index (χ0n) is 16.0. The van der Waals surface area contributed by atoms with E-state index >= 15 is 0 Å². The summed E-state index contributed by atoms with van der Waals surface area (Å²) in [4.78, 5) is 12.0. The van der Waals surface area contributed by atoms with Gasteiger partial charge in [-0.1, -0.05) is 0 Å². The summed E-state index contributed by atoms with van der Waals surface area (Å²) in [5.41, 5.74) is 2.34. The Labute approximate surface area is 166 Å². The Bertz CT molecular complexity index is 1060. The molecule has 0 aromatic carbocycles. The van der Waals surface area contributed by atoms with Crippen LogP contribution in [0.15, 0.2) is 28.9 Å². The number of pyridine rings is 1. The minimum absolute atomic E-state index is 0.0157. The van der Waals surface area contributed by atoms with E-state index in [0.29, 0.717) is 36.0 Å². The molecule has 4 heterocycles. The Morgan fingerprint density at radius 3 is 3.03 bits per heavy atom. The van der Waals surface area contributed by atoms with E-state index in [1.165, 1.54) is 0 Å². The molecule has 2 atom stereocenters. The molecule has 2 aliphatic rings. The number of carbonyl (C=O) groups excluding carboxylic acids is 1. The summed E-state index contributed by atoms with van der Waals surface area (Å²) in [5.74, 6) is 1.54. The average molecular weight is 399 g/mol. The summed E-state index contributed by atoms with van der Waals surface area (Å²) in [5, 5.41) is 14.3. The van der Waals surface area contributed by atoms with Crippen molar-refractivity contribution in [1.29, 1.82) is 0 Å². The van der Waals surface area contributed by atoms with Crippen molar-refractivity contribution in [2.45, 2.75) is 38.5 Å². The fraction of sp³-hybridized carbons (Fsp3) is 0.450. The Morgan fingerprint density at radius 1 is 1.38 bits per heavy atom. The van der Waals surface area contributed by atoms with Crippen LogP contribution in [0.25, 0.3) is 16.6 Å². The number of aryl methyl sites for hydroxylation is 1. The first-order valence-electron chi connectivity index (χ1n) is 9.87. The van der Waals surface area contributed by atoms with Gasteiger partial charge < -0.3 is 19.9 Å². The van der Waals surface area contributed by atoms with Gasteiger partial charge in [-0.05, 0) is 55.6 Å². The number of nitrogens with zero attached hydrogens (tertiary/aromatic N) is 3. The lowest BCUT2D eigenvalue weighted by Gasteiger charge is -2.26. The van der Waals surface area contributed by atoms with E-state index in [1.807, 2.05) is 18.2 Å². The predicted octanol–water partition coefficient (Wildman–Crippen LogP) is 2.73. The molecule has 29 heavy (non-hydrogen) atoms. The van der Waals surface area contributed by atoms with Crippen LogP contribution in [-0.2, 0) is 4.79 Å². The SMILES string of the molecule is Cc1onc(O[C@H]2CCNC[C@H]2F)c1-c1ccn2nc(NC(=O)C3CC3)cc2c1. The first-order chi connectivity index (χ1) is 14.1. The molecular formula is C20H22FN5O3. The van der Waals surface area contributed by atoms with E-state index in [1.54, 1.807) is 17.6 Å². The van der Waals surface area contributed by atoms with Crippen molar-refractivity contribution in [1.82, 2.24) is 20.1 Å². The molecular weight excluding hydrogens is 377 g/mol. The monoisotopic (exact) mass is 399 g/mol. The van der Waals surface area contributed by atoms with Crippen LogP contribution in [0.5, 0.6) is 5.88 Å². The first-order valence-corrected chi connectivity index (χ1v) is 9.87. The predicted molar refractivity (Wildman–Crippen MR) is 104 cm³/mol. The normalized spacial score (nSPS) is 22.0. The number of fused-ring (bicyclic) bond motifs is 1. The van der Waals surface area contributed by atoms with Crippen molar-refractivity contribution < 1.29 is 18.4 Å². The number of rotatable bonds is 5. The number of amides is 1. The molecule has 1 amide bonds. The number of hydrogen-bond acceptors (Lipinski definition) is 6. The molecule has 0 spiro atoms. The van der Waals surface area contributed by atoms with Gasteiger partial charge in [-0.25, -0.2) is 8.91 Å². The molecule has 0 unspecified atom stereocenters. The van der Waals surface area contributed by atoms with E-state index in [4.69, 9.17) is 9.26 Å². The highest BCUT2D eigenvalue weighted by Gasteiger charge is 2.30. The molecule has 3 aromatic rings. The van der Waals surface area contributed by atoms with Crippen molar-refractivity contribution in [3.8, 4) is 17.0 Å². The average Bonchev–Trinajstić information content (AvgIpc) is 3.39. The van der Waals surface area contributed by atoms with Crippen LogP contribution in [0.4, 0.5) is 10.2 Å². The van der Waals surface area contributed by atoms with Gasteiger partial charge in [0, 0.05) is 24.7 Å². The third-order valence-electron chi connectivity index (χ3n) is 5.39. The highest BCUT2D eigenvalue weighted by Crippen LogP contribution is 2.35. The van der Waals surface area contributed by atoms with E-state index in [-0.39, 0.29) is 18.4 Å². The van der Waals surface area contributed by atoms with Crippen molar-refractivity contribution in [2.24, 2.45) is 5.92 Å². The number of ether oxygens (including phenoxy) is 1. The molecule has 8 nitrogen and oxygen atoms in total. The van der Waals surface area contributed by atoms with Crippen molar-refractivity contribution in [3.05, 3.63) is 30.2 Å². The number of alkyl halides is 1. The quantitative estimate of drug-likeness (QED) is 0.685. The second kappa shape index (κ2) is 7.14. The largest absolute Gasteiger partial charge is 0.469 e. The molecule has 152 valence electrons. The number of aromatic nitrogens is 3. The molecule has 5 rings (SSSR count). The van der Waals surface area contributed by atoms with Gasteiger partial charge in [0.15, 0.2) is 5.82 Å². The Kier molecular flexibility index (Phi) is 4.46. The number of hydrogen-bond donors (Lipinski definition) is 2. The van der Waals surface area contributed by atoms with Crippen LogP contribution < -0.4 is 15.4 Å². The van der Waals surface area contributed by atoms with Gasteiger partial charge in [-0.3, -0.25) is 4.79 Å². The summed E-state index contributed by atoms with van der Waals surface area (Å²) in [6.45, 7) is 2.77. The summed E-state index contributed by atoms with van der Waals surface area (Å²) < 4.78 is 27.1. The Balaban J connectivity index is 1.42. The third kappa shape index (κ3) is 3.57. The number of nitrogens with one attached hydrogen (secondary N) is 2. The van der Waals surface area contributed by atoms with Crippen LogP contribution in [0.3, 0.4) is 0 Å². The van der Waals surface area contributed by atoms with E-state index < -0.39 is 12.3 Å². The molecule has 0 radical (unpaired) electrons. The van der Waals surface area contributed by atoms with Crippen LogP contribution in [0.2, 0.25) is 0 Å². The molecule has 1 aliphatic heterocycles. The lowest BCUT2D eigenvalue weighted by molar-refractivity contribution is -0.117. The second-order valence-corrected chi connectivity index (χ2v) is 7.66. The van der Waals surface area contributed by atoms with Crippen LogP contribution in [0.1, 0.15) is 25.0 Å². The molecule has 1 saturated carbocycles. The topological polar surface area (TPSA) is 93.7 Å². The van der Waals surface area contributed by atoms with Crippen LogP contribution >= 0.6 is 0 Å². The smallest absolute Gasteiger partial charge is 0.262 e. The number of halogens is 1. The van der Waals surface area contributed by atoms with Gasteiger partial charge in [0.2, 0.25) is 5.91 Å². The highest BCUT2D eigenvalue weighted by atomic mass is 19.1. The Morgan fingerprint density at radius 2 is 2.24 bits per heavy atom. The molecule has 9 heteroatoms. The summed E-state index contributed by atoms with van der Waals surface area (Å²) in [6.07, 6.45) is 2.60. The van der Waals surface area contributed by atoms with Crippen molar-refractivity contribution in [2.75, 3.05) is 18.4 Å². The standard InChI is InChI=1S/C20H22FN5O3/c1-11-18(20(25-29-11)28-16-4-6-22-10-15(16)21)13-5-7-26-14(8-13)9-17(24-26)23-19(27)12-2-3-12/h5,7-9,12,15-16,22H,2-4,6,10H2,1H3,(H,23,24,27)/t15-,16+/m1/s1. The number of carbonyl (C=O) groups is 1. The summed E-state index contributed by atoms with van der Waals surface area (Å²) in [7, 11) is 0. The number of anilines is 1. The van der Waals surface area contributed by atoms with E-state index in [2.05, 4.69) is 20.9 Å². The molecule has 0 bridgehead atoms. The zero-order chi connectivity index (χ0) is 20.0. The van der Waals surface area contributed by atoms with Crippen LogP contribution in [-0.4, -0.2) is 46.0 Å². The molecule has 2 N–H and O–H groups in total. The van der Waals surface area contributed by atoms with Crippen molar-refractivity contribution in [3.63, 3.8) is 0 Å². The van der Waals surface area contributed by atoms with E-state index in [9.17, 15) is 9.18 Å². The van der Waals surface area contributed by atoms with E-state index in [0.717, 1.165) is 23.9 Å². The summed E-state index contributed by atoms with van der Waals surface area (Å²) >= 11 is 0. The first kappa shape index (κ1) is 18.1. The summed E-state index contributed by atoms with van der Waals surface area (Å²) in [6, 6.07) is 5.60. The van der Waals surface area contributed by atoms with Crippen LogP contribution in [0, 0.1) is 12.8 Å². The zero-order valence-corrected chi connectivity index (χ0v) is 16.0. The minimum atomic E-state index is -1.09. The fourth-order valence-corrected chi connectivity index (χ4v) is 3.62. The molecule has 2 fully saturated rings. The fourth-order valence-electron chi connectivity index (χ4n) is 3.62. The van der Waals surface area contributed by atoms with Gasteiger partial charge >= 0.3 is 0 Å². The maximum absolute atomic E-state index is 14.2. The van der Waals surface area contributed by atoms with Gasteiger partial charge in [0.05, 0.1) is 11.1 Å². The van der Waals surface area contributed by atoms with Crippen molar-refractivity contribution >= 4 is 17.2 Å². The molecule has 3 aromatic heterocycles.